The van der Waals surface area contributed by atoms with Gasteiger partial charge in [0.05, 0.1) is 6.61 Å². The molecule has 0 amide bonds. The average molecular weight is 783 g/mol. The number of aliphatic hydroxyl groups excluding tert-OH is 1. The van der Waals surface area contributed by atoms with Crippen LogP contribution in [0.15, 0.2) is 60.8 Å². The molecule has 0 spiro atoms. The molecule has 0 bridgehead atoms. The van der Waals surface area contributed by atoms with E-state index in [0.29, 0.717) is 12.8 Å². The highest BCUT2D eigenvalue weighted by atomic mass is 16.6. The summed E-state index contributed by atoms with van der Waals surface area (Å²) in [6, 6.07) is 0. The van der Waals surface area contributed by atoms with Crippen molar-refractivity contribution >= 4 is 11.9 Å². The summed E-state index contributed by atoms with van der Waals surface area (Å²) in [5, 5.41) is 9.60. The van der Waals surface area contributed by atoms with Crippen molar-refractivity contribution in [1.82, 2.24) is 0 Å². The summed E-state index contributed by atoms with van der Waals surface area (Å²) in [6.07, 6.45) is 61.7. The van der Waals surface area contributed by atoms with Gasteiger partial charge in [-0.1, -0.05) is 203 Å². The normalized spacial score (nSPS) is 12.7. The number of unbranched alkanes of at least 4 members (excludes halogenated alkanes) is 25. The second-order valence-corrected chi connectivity index (χ2v) is 15.8. The third-order valence-corrected chi connectivity index (χ3v) is 10.3. The summed E-state index contributed by atoms with van der Waals surface area (Å²) in [5.74, 6) is -0.615. The lowest BCUT2D eigenvalue weighted by Crippen LogP contribution is -2.28. The highest BCUT2D eigenvalue weighted by Crippen LogP contribution is 2.15. The number of esters is 2. The fraction of sp³-hybridized carbons (Fsp3) is 0.765. The van der Waals surface area contributed by atoms with Crippen molar-refractivity contribution in [2.45, 2.75) is 238 Å². The molecule has 0 aliphatic rings. The van der Waals surface area contributed by atoms with Gasteiger partial charge < -0.3 is 14.6 Å². The van der Waals surface area contributed by atoms with E-state index in [4.69, 9.17) is 9.47 Å². The molecule has 0 rings (SSSR count). The zero-order chi connectivity index (χ0) is 40.7. The Bertz CT molecular complexity index is 977. The van der Waals surface area contributed by atoms with Gasteiger partial charge in [0.2, 0.25) is 0 Å². The Balaban J connectivity index is 3.52. The molecule has 0 aromatic rings. The molecule has 5 heteroatoms. The van der Waals surface area contributed by atoms with Crippen LogP contribution in [0, 0.1) is 0 Å². The number of rotatable bonds is 43. The van der Waals surface area contributed by atoms with Crippen LogP contribution in [-0.2, 0) is 19.1 Å². The zero-order valence-electron chi connectivity index (χ0n) is 36.9. The van der Waals surface area contributed by atoms with Crippen LogP contribution in [-0.4, -0.2) is 36.4 Å². The van der Waals surface area contributed by atoms with Gasteiger partial charge in [0.1, 0.15) is 6.61 Å². The van der Waals surface area contributed by atoms with E-state index in [1.54, 1.807) is 0 Å². The van der Waals surface area contributed by atoms with E-state index in [2.05, 4.69) is 74.6 Å². The predicted molar refractivity (Wildman–Crippen MR) is 242 cm³/mol. The number of carbonyl (C=O) groups is 2. The number of carbonyl (C=O) groups excluding carboxylic acids is 2. The van der Waals surface area contributed by atoms with E-state index < -0.39 is 6.10 Å². The van der Waals surface area contributed by atoms with Gasteiger partial charge in [-0.2, -0.15) is 0 Å². The second kappa shape index (κ2) is 47.0. The second-order valence-electron chi connectivity index (χ2n) is 15.8. The van der Waals surface area contributed by atoms with Crippen LogP contribution in [0.5, 0.6) is 0 Å². The van der Waals surface area contributed by atoms with E-state index in [9.17, 15) is 14.7 Å². The van der Waals surface area contributed by atoms with E-state index in [1.165, 1.54) is 128 Å². The van der Waals surface area contributed by atoms with E-state index in [1.807, 2.05) is 0 Å². The van der Waals surface area contributed by atoms with Crippen molar-refractivity contribution in [3.8, 4) is 0 Å². The molecule has 56 heavy (non-hydrogen) atoms. The van der Waals surface area contributed by atoms with Crippen LogP contribution in [0.1, 0.15) is 232 Å². The number of hydrogen-bond donors (Lipinski definition) is 1. The zero-order valence-corrected chi connectivity index (χ0v) is 36.9. The Morgan fingerprint density at radius 2 is 0.768 bits per heavy atom. The Morgan fingerprint density at radius 3 is 1.18 bits per heavy atom. The minimum absolute atomic E-state index is 0.0767. The first kappa shape index (κ1) is 53.6. The summed E-state index contributed by atoms with van der Waals surface area (Å²) in [6.45, 7) is 4.02. The lowest BCUT2D eigenvalue weighted by Gasteiger charge is -2.15. The molecule has 0 aromatic heterocycles. The van der Waals surface area contributed by atoms with Crippen molar-refractivity contribution in [3.63, 3.8) is 0 Å². The first-order valence-corrected chi connectivity index (χ1v) is 23.8. The summed E-state index contributed by atoms with van der Waals surface area (Å²) in [5.41, 5.74) is 0. The van der Waals surface area contributed by atoms with Crippen LogP contribution < -0.4 is 0 Å². The molecule has 1 unspecified atom stereocenters. The number of ether oxygens (including phenoxy) is 2. The third-order valence-electron chi connectivity index (χ3n) is 10.3. The molecule has 1 N–H and O–H groups in total. The third kappa shape index (κ3) is 44.3. The van der Waals surface area contributed by atoms with Crippen LogP contribution in [0.4, 0.5) is 0 Å². The summed E-state index contributed by atoms with van der Waals surface area (Å²) >= 11 is 0. The lowest BCUT2D eigenvalue weighted by atomic mass is 10.0. The van der Waals surface area contributed by atoms with E-state index >= 15 is 0 Å². The Kier molecular flexibility index (Phi) is 45.0. The quantitative estimate of drug-likeness (QED) is 0.0379. The van der Waals surface area contributed by atoms with Crippen molar-refractivity contribution in [2.24, 2.45) is 0 Å². The van der Waals surface area contributed by atoms with Crippen LogP contribution in [0.2, 0.25) is 0 Å². The molecule has 324 valence electrons. The summed E-state index contributed by atoms with van der Waals surface area (Å²) < 4.78 is 10.6. The van der Waals surface area contributed by atoms with Crippen LogP contribution >= 0.6 is 0 Å². The summed E-state index contributed by atoms with van der Waals surface area (Å²) in [4.78, 5) is 24.4. The van der Waals surface area contributed by atoms with Crippen LogP contribution in [0.3, 0.4) is 0 Å². The molecular formula is C51H90O5. The van der Waals surface area contributed by atoms with Gasteiger partial charge in [-0.3, -0.25) is 9.59 Å². The number of hydrogen-bond acceptors (Lipinski definition) is 5. The first-order valence-electron chi connectivity index (χ1n) is 23.8. The van der Waals surface area contributed by atoms with Crippen molar-refractivity contribution in [2.75, 3.05) is 13.2 Å². The van der Waals surface area contributed by atoms with Gasteiger partial charge in [-0.05, 0) is 77.0 Å². The maximum atomic E-state index is 12.2. The maximum Gasteiger partial charge on any atom is 0.306 e. The largest absolute Gasteiger partial charge is 0.462 e. The minimum Gasteiger partial charge on any atom is -0.462 e. The number of aliphatic hydroxyl groups is 1. The molecular weight excluding hydrogens is 693 g/mol. The van der Waals surface area contributed by atoms with Gasteiger partial charge >= 0.3 is 11.9 Å². The van der Waals surface area contributed by atoms with Crippen LogP contribution in [0.25, 0.3) is 0 Å². The molecule has 0 heterocycles. The topological polar surface area (TPSA) is 72.8 Å². The molecule has 5 nitrogen and oxygen atoms in total. The van der Waals surface area contributed by atoms with Crippen molar-refractivity contribution in [3.05, 3.63) is 60.8 Å². The molecule has 0 radical (unpaired) electrons. The molecule has 0 saturated heterocycles. The first-order chi connectivity index (χ1) is 27.6. The average Bonchev–Trinajstić information content (AvgIpc) is 3.20. The Morgan fingerprint density at radius 1 is 0.429 bits per heavy atom. The fourth-order valence-corrected chi connectivity index (χ4v) is 6.72. The smallest absolute Gasteiger partial charge is 0.306 e. The van der Waals surface area contributed by atoms with Gasteiger partial charge in [-0.25, -0.2) is 0 Å². The van der Waals surface area contributed by atoms with Gasteiger partial charge in [-0.15, -0.1) is 0 Å². The lowest BCUT2D eigenvalue weighted by molar-refractivity contribution is -0.161. The molecule has 0 aliphatic heterocycles. The van der Waals surface area contributed by atoms with Crippen molar-refractivity contribution in [1.29, 1.82) is 0 Å². The molecule has 0 saturated carbocycles. The minimum atomic E-state index is -0.786. The fourth-order valence-electron chi connectivity index (χ4n) is 6.72. The Hall–Kier alpha value is -2.40. The van der Waals surface area contributed by atoms with E-state index in [-0.39, 0.29) is 25.2 Å². The standard InChI is InChI=1S/C51H90O5/c1-3-5-7-9-11-13-15-17-19-21-22-23-24-25-26-27-28-30-31-33-35-37-39-41-43-45-50(53)55-48-49(47-52)56-51(54)46-44-42-40-38-36-34-32-29-20-18-16-14-12-10-8-6-4-2/h6,8,12,14,18,20-22,32,34,49,52H,3-5,7,9-11,13,15-17,19,23-31,33,35-48H2,1-2H3/b8-6-,14-12-,20-18-,22-21-,34-32-. The monoisotopic (exact) mass is 783 g/mol. The molecule has 0 aliphatic carbocycles. The SMILES string of the molecule is CC/C=C\C/C=C\C/C=C\C/C=C\CCCCCCC(=O)OC(CO)COC(=O)CCCCCCCCCCCCCCC/C=C\CCCCCCCCCC. The van der Waals surface area contributed by atoms with E-state index in [0.717, 1.165) is 77.0 Å². The predicted octanol–water partition coefficient (Wildman–Crippen LogP) is 15.5. The molecule has 1 atom stereocenters. The highest BCUT2D eigenvalue weighted by molar-refractivity contribution is 5.70. The van der Waals surface area contributed by atoms with Gasteiger partial charge in [0.25, 0.3) is 0 Å². The number of allylic oxidation sites excluding steroid dienone is 10. The van der Waals surface area contributed by atoms with Gasteiger partial charge in [0.15, 0.2) is 6.10 Å². The Labute approximate surface area is 347 Å². The van der Waals surface area contributed by atoms with Gasteiger partial charge in [0, 0.05) is 12.8 Å². The highest BCUT2D eigenvalue weighted by Gasteiger charge is 2.16. The molecule has 0 aromatic carbocycles. The maximum absolute atomic E-state index is 12.2. The molecule has 0 fully saturated rings. The van der Waals surface area contributed by atoms with Crippen molar-refractivity contribution < 1.29 is 24.2 Å². The summed E-state index contributed by atoms with van der Waals surface area (Å²) in [7, 11) is 0.